The van der Waals surface area contributed by atoms with Crippen molar-refractivity contribution in [2.75, 3.05) is 23.9 Å². The summed E-state index contributed by atoms with van der Waals surface area (Å²) in [5, 5.41) is 0.665. The first-order valence-corrected chi connectivity index (χ1v) is 14.6. The van der Waals surface area contributed by atoms with Crippen LogP contribution < -0.4 is 9.80 Å². The molecule has 0 atom stereocenters. The van der Waals surface area contributed by atoms with Gasteiger partial charge in [0, 0.05) is 36.9 Å². The van der Waals surface area contributed by atoms with E-state index in [2.05, 4.69) is 91.8 Å². The first-order chi connectivity index (χ1) is 19.3. The lowest BCUT2D eigenvalue weighted by Gasteiger charge is -2.16. The molecule has 1 fully saturated rings. The molecule has 1 aliphatic rings. The zero-order valence-electron chi connectivity index (χ0n) is 24.1. The molecule has 0 N–H and O–H groups in total. The number of benzene rings is 3. The fourth-order valence-electron chi connectivity index (χ4n) is 4.95. The quantitative estimate of drug-likeness (QED) is 0.219. The second-order valence-corrected chi connectivity index (χ2v) is 11.3. The third-order valence-electron chi connectivity index (χ3n) is 7.36. The SMILES string of the molecule is CCc1ccc(N=C2S/C(=C\c3cc(C)n(-c4ccc(N(C)C)cc4)c3C)C(=O)N2c2ccc(CC)cc2)cc1. The summed E-state index contributed by atoms with van der Waals surface area (Å²) in [6.45, 7) is 8.48. The fraction of sp³-hybridized carbons (Fsp3) is 0.235. The Balaban J connectivity index is 1.53. The summed E-state index contributed by atoms with van der Waals surface area (Å²) < 4.78 is 2.24. The van der Waals surface area contributed by atoms with Crippen molar-refractivity contribution < 1.29 is 4.79 Å². The molecule has 0 bridgehead atoms. The van der Waals surface area contributed by atoms with Crippen molar-refractivity contribution in [1.29, 1.82) is 0 Å². The number of rotatable bonds is 7. The average Bonchev–Trinajstić information content (AvgIpc) is 3.42. The van der Waals surface area contributed by atoms with Gasteiger partial charge in [-0.15, -0.1) is 0 Å². The maximum atomic E-state index is 13.9. The Hall–Kier alpha value is -4.03. The van der Waals surface area contributed by atoms with E-state index in [9.17, 15) is 4.79 Å². The molecule has 1 amide bonds. The largest absolute Gasteiger partial charge is 0.378 e. The summed E-state index contributed by atoms with van der Waals surface area (Å²) in [6, 6.07) is 27.1. The van der Waals surface area contributed by atoms with Crippen molar-refractivity contribution in [2.24, 2.45) is 4.99 Å². The molecule has 6 heteroatoms. The van der Waals surface area contributed by atoms with E-state index in [-0.39, 0.29) is 5.91 Å². The zero-order valence-corrected chi connectivity index (χ0v) is 24.9. The van der Waals surface area contributed by atoms with Gasteiger partial charge in [0.2, 0.25) is 0 Å². The summed E-state index contributed by atoms with van der Waals surface area (Å²) >= 11 is 1.43. The number of amidine groups is 1. The van der Waals surface area contributed by atoms with Gasteiger partial charge < -0.3 is 9.47 Å². The monoisotopic (exact) mass is 548 g/mol. The van der Waals surface area contributed by atoms with Crippen molar-refractivity contribution in [2.45, 2.75) is 40.5 Å². The standard InChI is InChI=1S/C34H36N4OS/c1-7-25-9-13-28(14-10-25)35-34-38(31-15-11-26(8-2)12-16-31)33(39)32(40-34)22-27-21-23(3)37(24(27)4)30-19-17-29(18-20-30)36(5)6/h9-22H,7-8H2,1-6H3/b32-22-,35-34?. The van der Waals surface area contributed by atoms with Crippen molar-refractivity contribution in [3.05, 3.63) is 112 Å². The van der Waals surface area contributed by atoms with Crippen LogP contribution in [0.4, 0.5) is 17.1 Å². The van der Waals surface area contributed by atoms with Crippen molar-refractivity contribution in [3.63, 3.8) is 0 Å². The number of carbonyl (C=O) groups excluding carboxylic acids is 1. The smallest absolute Gasteiger partial charge is 0.271 e. The lowest BCUT2D eigenvalue weighted by molar-refractivity contribution is -0.113. The molecule has 0 aliphatic carbocycles. The number of amides is 1. The van der Waals surface area contributed by atoms with Gasteiger partial charge in [-0.2, -0.15) is 0 Å². The number of nitrogens with zero attached hydrogens (tertiary/aromatic N) is 4. The topological polar surface area (TPSA) is 40.8 Å². The van der Waals surface area contributed by atoms with Crippen LogP contribution in [0.5, 0.6) is 0 Å². The van der Waals surface area contributed by atoms with Crippen LogP contribution in [-0.4, -0.2) is 29.7 Å². The van der Waals surface area contributed by atoms with Crippen LogP contribution in [0.25, 0.3) is 11.8 Å². The third kappa shape index (κ3) is 5.50. The van der Waals surface area contributed by atoms with Crippen LogP contribution in [0.15, 0.2) is 88.8 Å². The minimum Gasteiger partial charge on any atom is -0.378 e. The third-order valence-corrected chi connectivity index (χ3v) is 8.33. The molecule has 0 radical (unpaired) electrons. The van der Waals surface area contributed by atoms with E-state index in [1.807, 2.05) is 44.4 Å². The van der Waals surface area contributed by atoms with Crippen LogP contribution in [0, 0.1) is 13.8 Å². The number of hydrogen-bond donors (Lipinski definition) is 0. The summed E-state index contributed by atoms with van der Waals surface area (Å²) in [5.41, 5.74) is 9.66. The number of thioether (sulfide) groups is 1. The van der Waals surface area contributed by atoms with Crippen molar-refractivity contribution >= 4 is 46.0 Å². The Morgan fingerprint density at radius 1 is 0.825 bits per heavy atom. The Morgan fingerprint density at radius 3 is 1.98 bits per heavy atom. The molecule has 1 aliphatic heterocycles. The van der Waals surface area contributed by atoms with Crippen LogP contribution in [0.2, 0.25) is 0 Å². The van der Waals surface area contributed by atoms with Gasteiger partial charge in [-0.1, -0.05) is 38.1 Å². The molecule has 5 nitrogen and oxygen atoms in total. The summed E-state index contributed by atoms with van der Waals surface area (Å²) in [6.07, 6.45) is 3.94. The average molecular weight is 549 g/mol. The van der Waals surface area contributed by atoms with E-state index in [0.29, 0.717) is 10.1 Å². The maximum Gasteiger partial charge on any atom is 0.271 e. The zero-order chi connectivity index (χ0) is 28.4. The molecule has 3 aromatic carbocycles. The first-order valence-electron chi connectivity index (χ1n) is 13.8. The minimum absolute atomic E-state index is 0.0571. The highest BCUT2D eigenvalue weighted by atomic mass is 32.2. The van der Waals surface area contributed by atoms with E-state index < -0.39 is 0 Å². The van der Waals surface area contributed by atoms with Gasteiger partial charge in [0.1, 0.15) is 0 Å². The number of hydrogen-bond acceptors (Lipinski definition) is 4. The lowest BCUT2D eigenvalue weighted by Crippen LogP contribution is -2.28. The first kappa shape index (κ1) is 27.5. The van der Waals surface area contributed by atoms with Crippen LogP contribution in [0.3, 0.4) is 0 Å². The number of carbonyl (C=O) groups is 1. The van der Waals surface area contributed by atoms with Gasteiger partial charge in [-0.05, 0) is 116 Å². The summed E-state index contributed by atoms with van der Waals surface area (Å²) in [7, 11) is 4.09. The number of aliphatic imine (C=N–C) groups is 1. The number of anilines is 2. The molecule has 1 saturated heterocycles. The lowest BCUT2D eigenvalue weighted by atomic mass is 10.1. The molecule has 0 saturated carbocycles. The van der Waals surface area contributed by atoms with E-state index in [0.717, 1.165) is 52.5 Å². The molecule has 0 unspecified atom stereocenters. The van der Waals surface area contributed by atoms with E-state index in [1.54, 1.807) is 4.90 Å². The van der Waals surface area contributed by atoms with Crippen LogP contribution >= 0.6 is 11.8 Å². The second kappa shape index (κ2) is 11.6. The van der Waals surface area contributed by atoms with Gasteiger partial charge in [0.25, 0.3) is 5.91 Å². The Bertz CT molecular complexity index is 1580. The predicted octanol–water partition coefficient (Wildman–Crippen LogP) is 8.09. The van der Waals surface area contributed by atoms with Gasteiger partial charge >= 0.3 is 0 Å². The molecule has 5 rings (SSSR count). The molecule has 0 spiro atoms. The highest BCUT2D eigenvalue weighted by Crippen LogP contribution is 2.38. The predicted molar refractivity (Wildman–Crippen MR) is 171 cm³/mol. The number of aromatic nitrogens is 1. The second-order valence-electron chi connectivity index (χ2n) is 10.3. The Morgan fingerprint density at radius 2 is 1.40 bits per heavy atom. The maximum absolute atomic E-state index is 13.9. The molecule has 2 heterocycles. The Kier molecular flexibility index (Phi) is 7.99. The normalized spacial score (nSPS) is 15.4. The van der Waals surface area contributed by atoms with Crippen LogP contribution in [0.1, 0.15) is 41.9 Å². The molecular weight excluding hydrogens is 512 g/mol. The molecular formula is C34H36N4OS. The van der Waals surface area contributed by atoms with Crippen molar-refractivity contribution in [1.82, 2.24) is 4.57 Å². The highest BCUT2D eigenvalue weighted by molar-refractivity contribution is 8.19. The highest BCUT2D eigenvalue weighted by Gasteiger charge is 2.35. The van der Waals surface area contributed by atoms with Gasteiger partial charge in [-0.25, -0.2) is 4.99 Å². The fourth-order valence-corrected chi connectivity index (χ4v) is 5.94. The molecule has 40 heavy (non-hydrogen) atoms. The molecule has 204 valence electrons. The Labute approximate surface area is 241 Å². The minimum atomic E-state index is -0.0571. The van der Waals surface area contributed by atoms with Gasteiger partial charge in [-0.3, -0.25) is 9.69 Å². The molecule has 4 aromatic rings. The van der Waals surface area contributed by atoms with E-state index >= 15 is 0 Å². The van der Waals surface area contributed by atoms with E-state index in [4.69, 9.17) is 4.99 Å². The molecule has 1 aromatic heterocycles. The van der Waals surface area contributed by atoms with Gasteiger partial charge in [0.15, 0.2) is 5.17 Å². The van der Waals surface area contributed by atoms with Gasteiger partial charge in [0.05, 0.1) is 16.3 Å². The van der Waals surface area contributed by atoms with Crippen molar-refractivity contribution in [3.8, 4) is 5.69 Å². The number of aryl methyl sites for hydroxylation is 3. The summed E-state index contributed by atoms with van der Waals surface area (Å²) in [4.78, 5) is 23.3. The van der Waals surface area contributed by atoms with E-state index in [1.165, 1.54) is 22.9 Å². The van der Waals surface area contributed by atoms with Crippen LogP contribution in [-0.2, 0) is 17.6 Å². The summed E-state index contributed by atoms with van der Waals surface area (Å²) in [5.74, 6) is -0.0571.